The summed E-state index contributed by atoms with van der Waals surface area (Å²) < 4.78 is 17.4. The lowest BCUT2D eigenvalue weighted by molar-refractivity contribution is 0.102. The lowest BCUT2D eigenvalue weighted by Crippen LogP contribution is -2.15. The predicted octanol–water partition coefficient (Wildman–Crippen LogP) is 3.88. The van der Waals surface area contributed by atoms with Crippen LogP contribution in [0.4, 0.5) is 10.1 Å². The highest BCUT2D eigenvalue weighted by Gasteiger charge is 2.22. The zero-order valence-electron chi connectivity index (χ0n) is 17.1. The van der Waals surface area contributed by atoms with E-state index in [0.717, 1.165) is 11.1 Å². The van der Waals surface area contributed by atoms with E-state index in [9.17, 15) is 9.18 Å². The van der Waals surface area contributed by atoms with E-state index in [1.54, 1.807) is 18.5 Å². The third kappa shape index (κ3) is 4.17. The van der Waals surface area contributed by atoms with Gasteiger partial charge < -0.3 is 5.32 Å². The normalized spacial score (nSPS) is 11.0. The number of hydrogen-bond acceptors (Lipinski definition) is 5. The predicted molar refractivity (Wildman–Crippen MR) is 114 cm³/mol. The lowest BCUT2D eigenvalue weighted by Gasteiger charge is -2.09. The summed E-state index contributed by atoms with van der Waals surface area (Å²) in [6.07, 6.45) is 0. The minimum absolute atomic E-state index is 0.0147. The molecule has 4 rings (SSSR count). The summed E-state index contributed by atoms with van der Waals surface area (Å²) in [6, 6.07) is 12.2. The summed E-state index contributed by atoms with van der Waals surface area (Å²) in [6.45, 7) is 5.82. The molecule has 2 aromatic heterocycles. The molecule has 31 heavy (non-hydrogen) atoms. The molecule has 0 saturated carbocycles. The Balaban J connectivity index is 1.60. The zero-order chi connectivity index (χ0) is 22.1. The van der Waals surface area contributed by atoms with Gasteiger partial charge in [-0.2, -0.15) is 9.78 Å². The Kier molecular flexibility index (Phi) is 5.51. The summed E-state index contributed by atoms with van der Waals surface area (Å²) in [5, 5.41) is 18.4. The van der Waals surface area contributed by atoms with Crippen LogP contribution in [0.2, 0.25) is 5.15 Å². The van der Waals surface area contributed by atoms with Gasteiger partial charge in [0.15, 0.2) is 5.82 Å². The van der Waals surface area contributed by atoms with Crippen molar-refractivity contribution in [2.45, 2.75) is 27.3 Å². The number of benzene rings is 2. The molecule has 10 heteroatoms. The van der Waals surface area contributed by atoms with Crippen LogP contribution in [0.1, 0.15) is 33.0 Å². The van der Waals surface area contributed by atoms with Crippen LogP contribution in [0.3, 0.4) is 0 Å². The fourth-order valence-corrected chi connectivity index (χ4v) is 3.50. The van der Waals surface area contributed by atoms with E-state index in [-0.39, 0.29) is 16.4 Å². The number of anilines is 1. The van der Waals surface area contributed by atoms with Gasteiger partial charge in [0, 0.05) is 0 Å². The third-order valence-electron chi connectivity index (χ3n) is 4.81. The molecule has 8 nitrogen and oxygen atoms in total. The second kappa shape index (κ2) is 8.27. The van der Waals surface area contributed by atoms with E-state index >= 15 is 0 Å². The first-order chi connectivity index (χ1) is 14.8. The summed E-state index contributed by atoms with van der Waals surface area (Å²) in [4.78, 5) is 12.9. The Morgan fingerprint density at radius 3 is 2.55 bits per heavy atom. The molecule has 1 amide bonds. The molecule has 0 spiro atoms. The smallest absolute Gasteiger partial charge is 0.260 e. The first-order valence-electron chi connectivity index (χ1n) is 9.48. The molecular weight excluding hydrogens is 421 g/mol. The Labute approximate surface area is 182 Å². The number of aryl methyl sites for hydroxylation is 3. The van der Waals surface area contributed by atoms with Crippen molar-refractivity contribution < 1.29 is 9.18 Å². The molecule has 158 valence electrons. The topological polar surface area (TPSA) is 90.5 Å². The molecule has 0 saturated heterocycles. The monoisotopic (exact) mass is 439 g/mol. The van der Waals surface area contributed by atoms with Gasteiger partial charge in [-0.25, -0.2) is 9.07 Å². The van der Waals surface area contributed by atoms with Crippen LogP contribution < -0.4 is 5.32 Å². The minimum atomic E-state index is -0.594. The lowest BCUT2D eigenvalue weighted by atomic mass is 10.1. The fraction of sp³-hybridized carbons (Fsp3) is 0.190. The number of carbonyl (C=O) groups is 1. The van der Waals surface area contributed by atoms with Crippen molar-refractivity contribution in [3.05, 3.63) is 81.6 Å². The highest BCUT2D eigenvalue weighted by Crippen LogP contribution is 2.24. The average molecular weight is 440 g/mol. The maximum atomic E-state index is 14.4. The van der Waals surface area contributed by atoms with Crippen molar-refractivity contribution in [2.24, 2.45) is 0 Å². The standard InChI is InChI=1S/C21H19ClFN7O/c1-12-4-6-15(7-5-12)11-29-20(22)19(13(2)26-29)21(31)24-18-10-16(8-9-17(18)23)30-14(3)25-27-28-30/h4-10H,11H2,1-3H3,(H,24,31). The number of nitrogens with zero attached hydrogens (tertiary/aromatic N) is 6. The fourth-order valence-electron chi connectivity index (χ4n) is 3.18. The number of aromatic nitrogens is 6. The molecule has 0 aliphatic heterocycles. The van der Waals surface area contributed by atoms with Crippen molar-refractivity contribution in [3.63, 3.8) is 0 Å². The van der Waals surface area contributed by atoms with Gasteiger partial charge in [-0.05, 0) is 55.0 Å². The SMILES string of the molecule is Cc1ccc(Cn2nc(C)c(C(=O)Nc3cc(-n4nnnc4C)ccc3F)c2Cl)cc1. The molecule has 1 N–H and O–H groups in total. The van der Waals surface area contributed by atoms with E-state index in [0.29, 0.717) is 23.8 Å². The van der Waals surface area contributed by atoms with Crippen LogP contribution in [0.25, 0.3) is 5.69 Å². The molecule has 0 fully saturated rings. The van der Waals surface area contributed by atoms with E-state index in [4.69, 9.17) is 11.6 Å². The van der Waals surface area contributed by atoms with Gasteiger partial charge in [0.25, 0.3) is 5.91 Å². The number of hydrogen-bond donors (Lipinski definition) is 1. The van der Waals surface area contributed by atoms with Gasteiger partial charge in [0.05, 0.1) is 29.2 Å². The molecule has 0 aliphatic rings. The van der Waals surface area contributed by atoms with Crippen molar-refractivity contribution in [1.29, 1.82) is 0 Å². The summed E-state index contributed by atoms with van der Waals surface area (Å²) >= 11 is 6.46. The summed E-state index contributed by atoms with van der Waals surface area (Å²) in [5.41, 5.74) is 3.28. The zero-order valence-corrected chi connectivity index (χ0v) is 17.9. The van der Waals surface area contributed by atoms with Crippen molar-refractivity contribution in [3.8, 4) is 5.69 Å². The Morgan fingerprint density at radius 2 is 1.87 bits per heavy atom. The van der Waals surface area contributed by atoms with Gasteiger partial charge in [-0.1, -0.05) is 41.4 Å². The quantitative estimate of drug-likeness (QED) is 0.509. The molecule has 0 aliphatic carbocycles. The highest BCUT2D eigenvalue weighted by atomic mass is 35.5. The Bertz CT molecular complexity index is 1260. The van der Waals surface area contributed by atoms with E-state index in [1.165, 1.54) is 22.9 Å². The highest BCUT2D eigenvalue weighted by molar-refractivity contribution is 6.33. The Morgan fingerprint density at radius 1 is 1.13 bits per heavy atom. The van der Waals surface area contributed by atoms with Gasteiger partial charge in [0.2, 0.25) is 0 Å². The van der Waals surface area contributed by atoms with Crippen LogP contribution in [-0.2, 0) is 6.54 Å². The number of amides is 1. The van der Waals surface area contributed by atoms with Gasteiger partial charge in [0.1, 0.15) is 11.0 Å². The summed E-state index contributed by atoms with van der Waals surface area (Å²) in [7, 11) is 0. The first-order valence-corrected chi connectivity index (χ1v) is 9.86. The van der Waals surface area contributed by atoms with Crippen LogP contribution in [0.15, 0.2) is 42.5 Å². The maximum absolute atomic E-state index is 14.4. The van der Waals surface area contributed by atoms with Crippen LogP contribution in [-0.4, -0.2) is 35.9 Å². The van der Waals surface area contributed by atoms with Crippen LogP contribution in [0, 0.1) is 26.6 Å². The molecular formula is C21H19ClFN7O. The molecule has 0 unspecified atom stereocenters. The van der Waals surface area contributed by atoms with Crippen LogP contribution >= 0.6 is 11.6 Å². The molecule has 0 bridgehead atoms. The molecule has 0 atom stereocenters. The Hall–Kier alpha value is -3.59. The van der Waals surface area contributed by atoms with Gasteiger partial charge in [-0.3, -0.25) is 4.79 Å². The molecule has 2 aromatic carbocycles. The second-order valence-electron chi connectivity index (χ2n) is 7.15. The number of carbonyl (C=O) groups excluding carboxylic acids is 1. The van der Waals surface area contributed by atoms with Crippen LogP contribution in [0.5, 0.6) is 0 Å². The number of nitrogens with one attached hydrogen (secondary N) is 1. The largest absolute Gasteiger partial charge is 0.319 e. The number of halogens is 2. The van der Waals surface area contributed by atoms with Gasteiger partial charge in [-0.15, -0.1) is 5.10 Å². The molecule has 4 aromatic rings. The average Bonchev–Trinajstić information content (AvgIpc) is 3.28. The molecule has 2 heterocycles. The first kappa shape index (κ1) is 20.7. The van der Waals surface area contributed by atoms with Crippen molar-refractivity contribution in [2.75, 3.05) is 5.32 Å². The minimum Gasteiger partial charge on any atom is -0.319 e. The number of tetrazole rings is 1. The maximum Gasteiger partial charge on any atom is 0.260 e. The van der Waals surface area contributed by atoms with Gasteiger partial charge >= 0.3 is 0 Å². The van der Waals surface area contributed by atoms with Crippen molar-refractivity contribution in [1.82, 2.24) is 30.0 Å². The van der Waals surface area contributed by atoms with E-state index in [2.05, 4.69) is 25.9 Å². The van der Waals surface area contributed by atoms with E-state index < -0.39 is 11.7 Å². The van der Waals surface area contributed by atoms with Crippen molar-refractivity contribution >= 4 is 23.2 Å². The third-order valence-corrected chi connectivity index (χ3v) is 5.20. The second-order valence-corrected chi connectivity index (χ2v) is 7.51. The molecule has 0 radical (unpaired) electrons. The van der Waals surface area contributed by atoms with E-state index in [1.807, 2.05) is 31.2 Å². The number of rotatable bonds is 5. The summed E-state index contributed by atoms with van der Waals surface area (Å²) in [5.74, 6) is -0.619.